The van der Waals surface area contributed by atoms with Gasteiger partial charge in [-0.2, -0.15) is 22.7 Å². The molecule has 0 saturated carbocycles. The molecule has 2 aromatic carbocycles. The molecular formula is C19H15Cl2F3N2O6S2. The van der Waals surface area contributed by atoms with Crippen LogP contribution in [0.5, 0.6) is 0 Å². The maximum atomic E-state index is 13.2. The van der Waals surface area contributed by atoms with Crippen molar-refractivity contribution in [2.24, 2.45) is 0 Å². The molecule has 0 radical (unpaired) electrons. The van der Waals surface area contributed by atoms with Gasteiger partial charge in [-0.3, -0.25) is 0 Å². The molecule has 2 atom stereocenters. The van der Waals surface area contributed by atoms with Gasteiger partial charge in [-0.1, -0.05) is 23.2 Å². The van der Waals surface area contributed by atoms with Crippen molar-refractivity contribution in [3.05, 3.63) is 57.6 Å². The lowest BCUT2D eigenvalue weighted by Gasteiger charge is -2.26. The van der Waals surface area contributed by atoms with E-state index in [-0.39, 0.29) is 10.6 Å². The van der Waals surface area contributed by atoms with E-state index in [4.69, 9.17) is 28.5 Å². The minimum absolute atomic E-state index is 0.0226. The van der Waals surface area contributed by atoms with E-state index in [2.05, 4.69) is 0 Å². The first-order chi connectivity index (χ1) is 15.6. The smallest absolute Gasteiger partial charge is 0.393 e. The molecule has 2 N–H and O–H groups in total. The van der Waals surface area contributed by atoms with Gasteiger partial charge in [0.05, 0.1) is 32.7 Å². The number of β-amino-alcohol motifs (C(OH)–C–C–N with tert-alkyl or cyclic N) is 1. The summed E-state index contributed by atoms with van der Waals surface area (Å²) in [5, 5.41) is 26.7. The summed E-state index contributed by atoms with van der Waals surface area (Å²) in [5.41, 5.74) is -3.67. The molecule has 3 rings (SSSR count). The zero-order valence-electron chi connectivity index (χ0n) is 16.8. The van der Waals surface area contributed by atoms with Crippen LogP contribution < -0.4 is 0 Å². The number of sulfone groups is 1. The van der Waals surface area contributed by atoms with Crippen LogP contribution in [0.4, 0.5) is 13.2 Å². The molecule has 1 saturated heterocycles. The highest BCUT2D eigenvalue weighted by Crippen LogP contribution is 2.38. The van der Waals surface area contributed by atoms with E-state index in [1.165, 1.54) is 0 Å². The van der Waals surface area contributed by atoms with E-state index >= 15 is 0 Å². The molecule has 0 amide bonds. The van der Waals surface area contributed by atoms with Gasteiger partial charge in [-0.05, 0) is 36.4 Å². The van der Waals surface area contributed by atoms with Gasteiger partial charge in [-0.15, -0.1) is 0 Å². The van der Waals surface area contributed by atoms with Crippen molar-refractivity contribution in [1.29, 1.82) is 5.26 Å². The van der Waals surface area contributed by atoms with Crippen molar-refractivity contribution in [3.8, 4) is 6.07 Å². The normalized spacial score (nSPS) is 22.0. The maximum absolute atomic E-state index is 13.2. The summed E-state index contributed by atoms with van der Waals surface area (Å²) in [5.74, 6) is 0. The first-order valence-electron chi connectivity index (χ1n) is 9.21. The SMILES string of the molecule is N#Cc1ccc(S(=O)(=O)[C@H]2CN(S(=O)(=O)c3ccc(C(F)(F)F)cc3Cl)C[C@@]2(O)CO)cc1Cl. The van der Waals surface area contributed by atoms with E-state index in [0.717, 1.165) is 18.2 Å². The molecule has 8 nitrogen and oxygen atoms in total. The number of aliphatic hydroxyl groups excluding tert-OH is 1. The molecule has 1 aliphatic heterocycles. The number of hydrogen-bond donors (Lipinski definition) is 2. The first-order valence-corrected chi connectivity index (χ1v) is 13.0. The molecule has 1 fully saturated rings. The van der Waals surface area contributed by atoms with Crippen LogP contribution in [-0.4, -0.2) is 61.9 Å². The number of rotatable bonds is 5. The average molecular weight is 559 g/mol. The molecule has 34 heavy (non-hydrogen) atoms. The van der Waals surface area contributed by atoms with Gasteiger partial charge in [0.1, 0.15) is 21.8 Å². The lowest BCUT2D eigenvalue weighted by Crippen LogP contribution is -2.49. The van der Waals surface area contributed by atoms with E-state index < -0.39 is 77.0 Å². The minimum atomic E-state index is -4.78. The molecule has 15 heteroatoms. The Morgan fingerprint density at radius 1 is 1.12 bits per heavy atom. The standard InChI is InChI=1S/C19H15Cl2F3N2O6S2/c20-14-6-13(3-1-11(14)7-25)33(29,30)17-8-26(9-18(17,28)10-27)34(31,32)16-4-2-12(5-15(16)21)19(22,23)24/h1-6,17,27-28H,8-10H2/t17-,18+/m0/s1. The largest absolute Gasteiger partial charge is 0.416 e. The minimum Gasteiger partial charge on any atom is -0.393 e. The van der Waals surface area contributed by atoms with Crippen molar-refractivity contribution < 1.29 is 40.2 Å². The summed E-state index contributed by atoms with van der Waals surface area (Å²) >= 11 is 11.7. The van der Waals surface area contributed by atoms with Gasteiger partial charge < -0.3 is 10.2 Å². The maximum Gasteiger partial charge on any atom is 0.416 e. The third kappa shape index (κ3) is 4.64. The summed E-state index contributed by atoms with van der Waals surface area (Å²) < 4.78 is 91.8. The van der Waals surface area contributed by atoms with Crippen molar-refractivity contribution >= 4 is 43.1 Å². The Morgan fingerprint density at radius 2 is 1.76 bits per heavy atom. The monoisotopic (exact) mass is 558 g/mol. The number of hydrogen-bond acceptors (Lipinski definition) is 7. The van der Waals surface area contributed by atoms with Gasteiger partial charge in [0, 0.05) is 13.1 Å². The van der Waals surface area contributed by atoms with Gasteiger partial charge in [-0.25, -0.2) is 16.8 Å². The topological polar surface area (TPSA) is 136 Å². The van der Waals surface area contributed by atoms with Gasteiger partial charge in [0.25, 0.3) is 0 Å². The molecule has 0 unspecified atom stereocenters. The van der Waals surface area contributed by atoms with Gasteiger partial charge in [0.2, 0.25) is 10.0 Å². The Labute approximate surface area is 202 Å². The van der Waals surface area contributed by atoms with E-state index in [1.807, 2.05) is 0 Å². The average Bonchev–Trinajstić information content (AvgIpc) is 3.12. The zero-order chi connectivity index (χ0) is 25.7. The molecule has 184 valence electrons. The fourth-order valence-corrected chi connectivity index (χ4v) is 7.89. The van der Waals surface area contributed by atoms with Crippen molar-refractivity contribution in [2.45, 2.75) is 26.8 Å². The number of halogens is 5. The number of aliphatic hydroxyl groups is 2. The van der Waals surface area contributed by atoms with Crippen LogP contribution in [0.2, 0.25) is 10.0 Å². The summed E-state index contributed by atoms with van der Waals surface area (Å²) in [7, 11) is -9.19. The predicted molar refractivity (Wildman–Crippen MR) is 114 cm³/mol. The number of benzene rings is 2. The van der Waals surface area contributed by atoms with E-state index in [9.17, 15) is 40.2 Å². The Balaban J connectivity index is 2.03. The summed E-state index contributed by atoms with van der Waals surface area (Å²) in [6.45, 7) is -2.86. The summed E-state index contributed by atoms with van der Waals surface area (Å²) in [6.07, 6.45) is -4.78. The Morgan fingerprint density at radius 3 is 2.26 bits per heavy atom. The molecule has 0 spiro atoms. The number of alkyl halides is 3. The number of nitrogens with zero attached hydrogens (tertiary/aromatic N) is 2. The second kappa shape index (κ2) is 8.94. The van der Waals surface area contributed by atoms with Crippen LogP contribution >= 0.6 is 23.2 Å². The second-order valence-corrected chi connectivity index (χ2v) is 12.3. The quantitative estimate of drug-likeness (QED) is 0.575. The Kier molecular flexibility index (Phi) is 7.02. The second-order valence-electron chi connectivity index (χ2n) is 7.49. The molecule has 0 aromatic heterocycles. The van der Waals surface area contributed by atoms with Gasteiger partial charge >= 0.3 is 6.18 Å². The van der Waals surface area contributed by atoms with Crippen LogP contribution in [0.25, 0.3) is 0 Å². The Hall–Kier alpha value is -1.92. The molecular weight excluding hydrogens is 544 g/mol. The molecule has 1 aliphatic rings. The highest BCUT2D eigenvalue weighted by molar-refractivity contribution is 7.92. The van der Waals surface area contributed by atoms with Gasteiger partial charge in [0.15, 0.2) is 9.84 Å². The van der Waals surface area contributed by atoms with E-state index in [0.29, 0.717) is 22.5 Å². The van der Waals surface area contributed by atoms with Crippen molar-refractivity contribution in [1.82, 2.24) is 4.31 Å². The third-order valence-corrected chi connectivity index (χ3v) is 10.2. The number of sulfonamides is 1. The first kappa shape index (κ1) is 26.7. The van der Waals surface area contributed by atoms with Crippen molar-refractivity contribution in [2.75, 3.05) is 19.7 Å². The molecule has 1 heterocycles. The van der Waals surface area contributed by atoms with Crippen LogP contribution in [-0.2, 0) is 26.0 Å². The summed E-state index contributed by atoms with van der Waals surface area (Å²) in [4.78, 5) is -1.16. The lowest BCUT2D eigenvalue weighted by molar-refractivity contribution is -0.137. The molecule has 0 bridgehead atoms. The fourth-order valence-electron chi connectivity index (χ4n) is 3.50. The Bertz CT molecular complexity index is 1390. The molecule has 2 aromatic rings. The fraction of sp³-hybridized carbons (Fsp3) is 0.316. The lowest BCUT2D eigenvalue weighted by atomic mass is 10.1. The van der Waals surface area contributed by atoms with Crippen LogP contribution in [0.15, 0.2) is 46.2 Å². The van der Waals surface area contributed by atoms with Crippen LogP contribution in [0.1, 0.15) is 11.1 Å². The van der Waals surface area contributed by atoms with Crippen LogP contribution in [0.3, 0.4) is 0 Å². The van der Waals surface area contributed by atoms with E-state index in [1.54, 1.807) is 6.07 Å². The summed E-state index contributed by atoms with van der Waals surface area (Å²) in [6, 6.07) is 6.41. The third-order valence-electron chi connectivity index (χ3n) is 5.33. The van der Waals surface area contributed by atoms with Crippen molar-refractivity contribution in [3.63, 3.8) is 0 Å². The molecule has 0 aliphatic carbocycles. The number of nitriles is 1. The van der Waals surface area contributed by atoms with Crippen LogP contribution in [0, 0.1) is 11.3 Å². The highest BCUT2D eigenvalue weighted by atomic mass is 35.5. The highest BCUT2D eigenvalue weighted by Gasteiger charge is 2.55. The predicted octanol–water partition coefficient (Wildman–Crippen LogP) is 2.45. The zero-order valence-corrected chi connectivity index (χ0v) is 19.9.